The number of aliphatic hydroxyl groups is 1. The lowest BCUT2D eigenvalue weighted by atomic mass is 10.0. The maximum atomic E-state index is 13.1. The number of hydrogen-bond acceptors (Lipinski definition) is 15. The zero-order valence-corrected chi connectivity index (χ0v) is 65.7. The lowest BCUT2D eigenvalue weighted by Crippen LogP contribution is -2.30. The van der Waals surface area contributed by atoms with Crippen molar-refractivity contribution >= 4 is 39.5 Å². The zero-order chi connectivity index (χ0) is 71.9. The summed E-state index contributed by atoms with van der Waals surface area (Å²) in [5.74, 6) is -1.39. The number of carbonyl (C=O) groups is 4. The van der Waals surface area contributed by atoms with Gasteiger partial charge in [0.1, 0.15) is 19.3 Å². The van der Waals surface area contributed by atoms with Gasteiger partial charge in [-0.1, -0.05) is 369 Å². The van der Waals surface area contributed by atoms with E-state index in [9.17, 15) is 43.2 Å². The van der Waals surface area contributed by atoms with Gasteiger partial charge in [-0.3, -0.25) is 37.3 Å². The van der Waals surface area contributed by atoms with Crippen molar-refractivity contribution in [3.8, 4) is 0 Å². The van der Waals surface area contributed by atoms with Crippen LogP contribution in [-0.4, -0.2) is 96.7 Å². The van der Waals surface area contributed by atoms with E-state index in [2.05, 4.69) is 34.6 Å². The average molecular weight is 1440 g/mol. The Balaban J connectivity index is 5.22. The van der Waals surface area contributed by atoms with Crippen LogP contribution in [0, 0.1) is 5.92 Å². The van der Waals surface area contributed by atoms with E-state index >= 15 is 0 Å². The van der Waals surface area contributed by atoms with Crippen LogP contribution in [0.5, 0.6) is 0 Å². The summed E-state index contributed by atoms with van der Waals surface area (Å²) in [5.41, 5.74) is 0. The van der Waals surface area contributed by atoms with Crippen LogP contribution in [0.1, 0.15) is 420 Å². The minimum atomic E-state index is -4.96. The zero-order valence-electron chi connectivity index (χ0n) is 63.9. The molecule has 0 aromatic carbocycles. The van der Waals surface area contributed by atoms with Gasteiger partial charge in [-0.05, 0) is 31.6 Å². The molecule has 0 radical (unpaired) electrons. The van der Waals surface area contributed by atoms with Gasteiger partial charge in [0.2, 0.25) is 0 Å². The number of phosphoric ester groups is 2. The molecule has 0 aromatic rings. The van der Waals surface area contributed by atoms with Crippen LogP contribution in [0.15, 0.2) is 0 Å². The Morgan fingerprint density at radius 1 is 0.276 bits per heavy atom. The highest BCUT2D eigenvalue weighted by atomic mass is 31.2. The van der Waals surface area contributed by atoms with E-state index in [-0.39, 0.29) is 25.7 Å². The fourth-order valence-corrected chi connectivity index (χ4v) is 13.8. The second-order valence-corrected chi connectivity index (χ2v) is 31.8. The smallest absolute Gasteiger partial charge is 0.462 e. The molecule has 0 amide bonds. The topological polar surface area (TPSA) is 237 Å². The van der Waals surface area contributed by atoms with Crippen LogP contribution in [0.4, 0.5) is 0 Å². The molecule has 19 heteroatoms. The Morgan fingerprint density at radius 3 is 0.694 bits per heavy atom. The number of esters is 4. The van der Waals surface area contributed by atoms with Gasteiger partial charge in [0, 0.05) is 25.7 Å². The van der Waals surface area contributed by atoms with E-state index < -0.39 is 97.5 Å². The van der Waals surface area contributed by atoms with E-state index in [1.165, 1.54) is 244 Å². The molecule has 0 saturated carbocycles. The summed E-state index contributed by atoms with van der Waals surface area (Å²) in [7, 11) is -9.91. The van der Waals surface area contributed by atoms with Crippen molar-refractivity contribution < 1.29 is 80.2 Å². The lowest BCUT2D eigenvalue weighted by Gasteiger charge is -2.21. The standard InChI is InChI=1S/C79H154O17P2/c1-6-9-12-15-18-21-24-26-28-30-32-34-36-39-42-48-53-58-63-77(82)90-68-74(95-78(83)64-59-54-49-43-40-37-35-33-31-29-27-25-22-19-16-13-10-7-2)70-93-97(85,86)91-66-73(80)67-92-98(87,88)94-71-75(96-79(84)65-60-55-50-45-44-46-51-56-61-72(4)5)69-89-76(81)62-57-52-47-41-38-23-20-17-14-11-8-3/h72-75,80H,6-71H2,1-5H3,(H,85,86)(H,87,88)/t73-,74-,75-/m1/s1. The number of unbranched alkanes of at least 4 members (excludes halogenated alkanes) is 51. The molecule has 0 aliphatic carbocycles. The molecule has 3 N–H and O–H groups in total. The molecular weight excluding hydrogens is 1280 g/mol. The molecular formula is C79H154O17P2. The molecule has 17 nitrogen and oxygen atoms in total. The molecule has 0 fully saturated rings. The quantitative estimate of drug-likeness (QED) is 0.0222. The Kier molecular flexibility index (Phi) is 70.6. The molecule has 0 aliphatic rings. The first-order valence-electron chi connectivity index (χ1n) is 41.1. The van der Waals surface area contributed by atoms with Crippen molar-refractivity contribution in [2.45, 2.75) is 438 Å². The number of carbonyl (C=O) groups excluding carboxylic acids is 4. The monoisotopic (exact) mass is 1440 g/mol. The van der Waals surface area contributed by atoms with Gasteiger partial charge in [0.25, 0.3) is 0 Å². The van der Waals surface area contributed by atoms with Crippen LogP contribution in [0.3, 0.4) is 0 Å². The number of aliphatic hydroxyl groups excluding tert-OH is 1. The summed E-state index contributed by atoms with van der Waals surface area (Å²) in [5, 5.41) is 10.6. The van der Waals surface area contributed by atoms with Gasteiger partial charge in [-0.2, -0.15) is 0 Å². The number of hydrogen-bond donors (Lipinski definition) is 3. The van der Waals surface area contributed by atoms with Crippen LogP contribution in [0.25, 0.3) is 0 Å². The highest BCUT2D eigenvalue weighted by Crippen LogP contribution is 2.45. The molecule has 0 aliphatic heterocycles. The van der Waals surface area contributed by atoms with Crippen molar-refractivity contribution in [3.63, 3.8) is 0 Å². The second-order valence-electron chi connectivity index (χ2n) is 28.9. The Bertz CT molecular complexity index is 1870. The van der Waals surface area contributed by atoms with Crippen LogP contribution >= 0.6 is 15.6 Å². The van der Waals surface area contributed by atoms with Crippen LogP contribution < -0.4 is 0 Å². The number of rotatable bonds is 79. The first-order chi connectivity index (χ1) is 47.5. The highest BCUT2D eigenvalue weighted by Gasteiger charge is 2.30. The van der Waals surface area contributed by atoms with Crippen molar-refractivity contribution in [2.75, 3.05) is 39.6 Å². The molecule has 0 heterocycles. The van der Waals surface area contributed by atoms with Crippen molar-refractivity contribution in [1.82, 2.24) is 0 Å². The van der Waals surface area contributed by atoms with Crippen LogP contribution in [-0.2, 0) is 65.4 Å². The molecule has 0 saturated heterocycles. The minimum absolute atomic E-state index is 0.105. The third-order valence-corrected chi connectivity index (χ3v) is 20.4. The molecule has 0 aromatic heterocycles. The predicted molar refractivity (Wildman–Crippen MR) is 400 cm³/mol. The number of phosphoric acid groups is 2. The van der Waals surface area contributed by atoms with Gasteiger partial charge in [0.05, 0.1) is 26.4 Å². The van der Waals surface area contributed by atoms with Crippen molar-refractivity contribution in [2.24, 2.45) is 5.92 Å². The molecule has 5 atom stereocenters. The molecule has 0 bridgehead atoms. The fourth-order valence-electron chi connectivity index (χ4n) is 12.2. The summed E-state index contributed by atoms with van der Waals surface area (Å²) < 4.78 is 68.6. The summed E-state index contributed by atoms with van der Waals surface area (Å²) >= 11 is 0. The van der Waals surface area contributed by atoms with Gasteiger partial charge in [-0.15, -0.1) is 0 Å². The predicted octanol–water partition coefficient (Wildman–Crippen LogP) is 23.6. The minimum Gasteiger partial charge on any atom is -0.462 e. The fraction of sp³-hybridized carbons (Fsp3) is 0.949. The first kappa shape index (κ1) is 96.1. The molecule has 0 spiro atoms. The van der Waals surface area contributed by atoms with E-state index in [4.69, 9.17) is 37.0 Å². The Labute approximate surface area is 600 Å². The van der Waals surface area contributed by atoms with E-state index in [1.54, 1.807) is 0 Å². The third-order valence-electron chi connectivity index (χ3n) is 18.5. The van der Waals surface area contributed by atoms with Gasteiger partial charge < -0.3 is 33.8 Å². The summed E-state index contributed by atoms with van der Waals surface area (Å²) in [4.78, 5) is 72.9. The number of ether oxygens (including phenoxy) is 4. The normalized spacial score (nSPS) is 13.9. The lowest BCUT2D eigenvalue weighted by molar-refractivity contribution is -0.161. The maximum absolute atomic E-state index is 13.1. The largest absolute Gasteiger partial charge is 0.472 e. The summed E-state index contributed by atoms with van der Waals surface area (Å²) in [6.07, 6.45) is 62.5. The van der Waals surface area contributed by atoms with Crippen molar-refractivity contribution in [1.29, 1.82) is 0 Å². The average Bonchev–Trinajstić information content (AvgIpc) is 1.13. The highest BCUT2D eigenvalue weighted by molar-refractivity contribution is 7.47. The van der Waals surface area contributed by atoms with E-state index in [0.29, 0.717) is 25.7 Å². The summed E-state index contributed by atoms with van der Waals surface area (Å²) in [6.45, 7) is 7.27. The van der Waals surface area contributed by atoms with E-state index in [0.717, 1.165) is 95.8 Å². The van der Waals surface area contributed by atoms with Crippen LogP contribution in [0.2, 0.25) is 0 Å². The van der Waals surface area contributed by atoms with Gasteiger partial charge in [-0.25, -0.2) is 9.13 Å². The van der Waals surface area contributed by atoms with Crippen molar-refractivity contribution in [3.05, 3.63) is 0 Å². The molecule has 582 valence electrons. The maximum Gasteiger partial charge on any atom is 0.472 e. The SMILES string of the molecule is CCCCCCCCCCCCCCCCCCCCC(=O)OC[C@H](COP(=O)(O)OC[C@@H](O)COP(=O)(O)OC[C@@H](COC(=O)CCCCCCCCCCCCC)OC(=O)CCCCCCCCCCC(C)C)OC(=O)CCCCCCCCCCCCCCCCCCCC. The third kappa shape index (κ3) is 72.4. The van der Waals surface area contributed by atoms with Gasteiger partial charge >= 0.3 is 39.5 Å². The molecule has 0 rings (SSSR count). The Morgan fingerprint density at radius 2 is 0.469 bits per heavy atom. The summed E-state index contributed by atoms with van der Waals surface area (Å²) in [6, 6.07) is 0. The van der Waals surface area contributed by atoms with Gasteiger partial charge in [0.15, 0.2) is 12.2 Å². The molecule has 98 heavy (non-hydrogen) atoms. The first-order valence-corrected chi connectivity index (χ1v) is 44.1. The Hall–Kier alpha value is -1.94. The second kappa shape index (κ2) is 72.0. The van der Waals surface area contributed by atoms with E-state index in [1.807, 2.05) is 0 Å². The molecule has 2 unspecified atom stereocenters.